The third kappa shape index (κ3) is 4.68. The number of nitrogens with two attached hydrogens (primary N) is 1. The number of fused-ring (bicyclic) bond motifs is 1. The van der Waals surface area contributed by atoms with Gasteiger partial charge >= 0.3 is 6.09 Å². The number of carbonyl (C=O) groups excluding carboxylic acids is 1. The van der Waals surface area contributed by atoms with Crippen LogP contribution < -0.4 is 20.5 Å². The third-order valence-corrected chi connectivity index (χ3v) is 6.97. The van der Waals surface area contributed by atoms with Crippen LogP contribution in [0.3, 0.4) is 0 Å². The zero-order valence-electron chi connectivity index (χ0n) is 19.0. The van der Waals surface area contributed by atoms with Crippen molar-refractivity contribution < 1.29 is 14.3 Å². The quantitative estimate of drug-likeness (QED) is 0.395. The number of thiophene rings is 1. The number of nitrogen functional groups attached to an aromatic ring is 1. The van der Waals surface area contributed by atoms with Crippen LogP contribution in [0.5, 0.6) is 10.8 Å². The SMILES string of the molecule is COc1ccc2nc(-c3cc(-c4ccc(OC(=O)NC5CCN(C)CC5)s4)cnc3N)[nH]c2c1. The van der Waals surface area contributed by atoms with Crippen LogP contribution in [0.25, 0.3) is 32.9 Å². The molecule has 176 valence electrons. The Kier molecular flexibility index (Phi) is 6.08. The average Bonchev–Trinajstić information content (AvgIpc) is 3.47. The van der Waals surface area contributed by atoms with Crippen molar-refractivity contribution in [3.8, 4) is 32.6 Å². The topological polar surface area (TPSA) is 118 Å². The van der Waals surface area contributed by atoms with E-state index >= 15 is 0 Å². The molecule has 1 fully saturated rings. The highest BCUT2D eigenvalue weighted by molar-refractivity contribution is 7.17. The zero-order valence-corrected chi connectivity index (χ0v) is 19.8. The third-order valence-electron chi connectivity index (χ3n) is 5.96. The molecule has 9 nitrogen and oxygen atoms in total. The number of methoxy groups -OCH3 is 1. The van der Waals surface area contributed by atoms with Gasteiger partial charge in [-0.1, -0.05) is 11.3 Å². The molecule has 4 heterocycles. The van der Waals surface area contributed by atoms with Crippen molar-refractivity contribution in [1.29, 1.82) is 0 Å². The molecule has 0 atom stereocenters. The molecule has 0 radical (unpaired) electrons. The lowest BCUT2D eigenvalue weighted by Crippen LogP contribution is -2.44. The van der Waals surface area contributed by atoms with E-state index < -0.39 is 6.09 Å². The Labute approximate surface area is 200 Å². The summed E-state index contributed by atoms with van der Waals surface area (Å²) in [5.74, 6) is 1.74. The van der Waals surface area contributed by atoms with E-state index in [0.29, 0.717) is 22.3 Å². The highest BCUT2D eigenvalue weighted by atomic mass is 32.1. The first kappa shape index (κ1) is 22.2. The fourth-order valence-corrected chi connectivity index (χ4v) is 4.85. The standard InChI is InChI=1S/C24H26N6O3S/c1-30-9-7-15(8-10-30)27-24(31)33-21-6-5-20(34-21)14-11-17(22(25)26-13-14)23-28-18-4-3-16(32-2)12-19(18)29-23/h3-6,11-13,15H,7-10H2,1-2H3,(H2,25,26)(H,27,31)(H,28,29). The summed E-state index contributed by atoms with van der Waals surface area (Å²) in [6, 6.07) is 11.4. The Hall–Kier alpha value is -3.63. The molecule has 1 saturated heterocycles. The number of aromatic amines is 1. The van der Waals surface area contributed by atoms with E-state index in [1.807, 2.05) is 30.3 Å². The number of H-pyrrole nitrogens is 1. The molecule has 0 aliphatic carbocycles. The minimum absolute atomic E-state index is 0.149. The van der Waals surface area contributed by atoms with Crippen molar-refractivity contribution in [2.75, 3.05) is 33.0 Å². The Balaban J connectivity index is 1.32. The molecule has 0 bridgehead atoms. The number of ether oxygens (including phenoxy) is 2. The molecule has 4 aromatic rings. The minimum Gasteiger partial charge on any atom is -0.497 e. The van der Waals surface area contributed by atoms with Crippen molar-refractivity contribution in [3.05, 3.63) is 42.6 Å². The smallest absolute Gasteiger partial charge is 0.413 e. The molecule has 10 heteroatoms. The van der Waals surface area contributed by atoms with E-state index in [-0.39, 0.29) is 6.04 Å². The second kappa shape index (κ2) is 9.32. The number of benzene rings is 1. The van der Waals surface area contributed by atoms with Gasteiger partial charge in [0, 0.05) is 28.7 Å². The fourth-order valence-electron chi connectivity index (χ4n) is 4.01. The van der Waals surface area contributed by atoms with Gasteiger partial charge in [0.05, 0.1) is 23.7 Å². The monoisotopic (exact) mass is 478 g/mol. The highest BCUT2D eigenvalue weighted by Crippen LogP contribution is 2.36. The number of rotatable bonds is 5. The van der Waals surface area contributed by atoms with Gasteiger partial charge in [0.2, 0.25) is 0 Å². The van der Waals surface area contributed by atoms with Crippen LogP contribution in [0.4, 0.5) is 10.6 Å². The molecule has 0 spiro atoms. The molecule has 5 rings (SSSR count). The summed E-state index contributed by atoms with van der Waals surface area (Å²) in [5.41, 5.74) is 9.39. The van der Waals surface area contributed by atoms with Gasteiger partial charge in [-0.3, -0.25) is 0 Å². The first-order valence-electron chi connectivity index (χ1n) is 11.1. The molecule has 34 heavy (non-hydrogen) atoms. The van der Waals surface area contributed by atoms with Crippen molar-refractivity contribution in [2.24, 2.45) is 0 Å². The first-order chi connectivity index (χ1) is 16.5. The Morgan fingerprint density at radius 1 is 1.24 bits per heavy atom. The van der Waals surface area contributed by atoms with Crippen LogP contribution in [-0.2, 0) is 0 Å². The maximum absolute atomic E-state index is 12.3. The Bertz CT molecular complexity index is 1330. The first-order valence-corrected chi connectivity index (χ1v) is 11.9. The van der Waals surface area contributed by atoms with Gasteiger partial charge in [-0.05, 0) is 63.3 Å². The summed E-state index contributed by atoms with van der Waals surface area (Å²) in [5, 5.41) is 3.49. The number of carbonyl (C=O) groups is 1. The molecule has 0 unspecified atom stereocenters. The van der Waals surface area contributed by atoms with Crippen molar-refractivity contribution in [2.45, 2.75) is 18.9 Å². The number of nitrogens with one attached hydrogen (secondary N) is 2. The number of likely N-dealkylation sites (tertiary alicyclic amines) is 1. The summed E-state index contributed by atoms with van der Waals surface area (Å²) >= 11 is 1.38. The molecule has 1 amide bonds. The predicted molar refractivity (Wildman–Crippen MR) is 133 cm³/mol. The number of anilines is 1. The molecular weight excluding hydrogens is 452 g/mol. The molecule has 3 aromatic heterocycles. The molecule has 1 aromatic carbocycles. The maximum atomic E-state index is 12.3. The van der Waals surface area contributed by atoms with Gasteiger partial charge < -0.3 is 30.4 Å². The predicted octanol–water partition coefficient (Wildman–Crippen LogP) is 4.13. The van der Waals surface area contributed by atoms with E-state index in [1.165, 1.54) is 11.3 Å². The van der Waals surface area contributed by atoms with Crippen LogP contribution in [0.2, 0.25) is 0 Å². The number of hydrogen-bond acceptors (Lipinski definition) is 8. The van der Waals surface area contributed by atoms with E-state index in [1.54, 1.807) is 19.4 Å². The summed E-state index contributed by atoms with van der Waals surface area (Å²) < 4.78 is 10.8. The van der Waals surface area contributed by atoms with E-state index in [0.717, 1.165) is 53.2 Å². The largest absolute Gasteiger partial charge is 0.497 e. The second-order valence-corrected chi connectivity index (χ2v) is 9.40. The maximum Gasteiger partial charge on any atom is 0.413 e. The molecular formula is C24H26N6O3S. The molecule has 1 aliphatic heterocycles. The van der Waals surface area contributed by atoms with Gasteiger partial charge in [-0.2, -0.15) is 0 Å². The van der Waals surface area contributed by atoms with E-state index in [4.69, 9.17) is 15.2 Å². The number of hydrogen-bond donors (Lipinski definition) is 3. The van der Waals surface area contributed by atoms with Gasteiger partial charge in [-0.25, -0.2) is 14.8 Å². The number of pyridine rings is 1. The Morgan fingerprint density at radius 3 is 2.85 bits per heavy atom. The summed E-state index contributed by atoms with van der Waals surface area (Å²) in [4.78, 5) is 27.8. The lowest BCUT2D eigenvalue weighted by molar-refractivity contribution is 0.183. The number of amides is 1. The number of piperidine rings is 1. The summed E-state index contributed by atoms with van der Waals surface area (Å²) in [6.45, 7) is 1.94. The van der Waals surface area contributed by atoms with Crippen LogP contribution in [0, 0.1) is 0 Å². The Morgan fingerprint density at radius 2 is 2.06 bits per heavy atom. The molecule has 4 N–H and O–H groups in total. The normalized spacial score (nSPS) is 14.9. The highest BCUT2D eigenvalue weighted by Gasteiger charge is 2.20. The molecule has 0 saturated carbocycles. The van der Waals surface area contributed by atoms with E-state index in [2.05, 4.69) is 32.2 Å². The van der Waals surface area contributed by atoms with Gasteiger partial charge in [0.1, 0.15) is 17.4 Å². The zero-order chi connectivity index (χ0) is 23.7. The van der Waals surface area contributed by atoms with Crippen molar-refractivity contribution in [3.63, 3.8) is 0 Å². The fraction of sp³-hybridized carbons (Fsp3) is 0.292. The van der Waals surface area contributed by atoms with Crippen LogP contribution in [0.1, 0.15) is 12.8 Å². The number of nitrogens with zero attached hydrogens (tertiary/aromatic N) is 3. The van der Waals surface area contributed by atoms with Crippen molar-refractivity contribution in [1.82, 2.24) is 25.2 Å². The van der Waals surface area contributed by atoms with Crippen LogP contribution in [0.15, 0.2) is 42.6 Å². The lowest BCUT2D eigenvalue weighted by atomic mass is 10.1. The van der Waals surface area contributed by atoms with Gasteiger partial charge in [0.25, 0.3) is 0 Å². The van der Waals surface area contributed by atoms with Crippen LogP contribution in [-0.4, -0.2) is 59.2 Å². The number of aromatic nitrogens is 3. The minimum atomic E-state index is -0.420. The summed E-state index contributed by atoms with van der Waals surface area (Å²) in [7, 11) is 3.71. The van der Waals surface area contributed by atoms with Crippen molar-refractivity contribution >= 4 is 34.3 Å². The van der Waals surface area contributed by atoms with Gasteiger partial charge in [0.15, 0.2) is 5.06 Å². The summed E-state index contributed by atoms with van der Waals surface area (Å²) in [6.07, 6.45) is 3.14. The van der Waals surface area contributed by atoms with Crippen LogP contribution >= 0.6 is 11.3 Å². The average molecular weight is 479 g/mol. The lowest BCUT2D eigenvalue weighted by Gasteiger charge is -2.28. The molecule has 1 aliphatic rings. The number of imidazole rings is 1. The second-order valence-electron chi connectivity index (χ2n) is 8.36. The van der Waals surface area contributed by atoms with Gasteiger partial charge in [-0.15, -0.1) is 0 Å². The van der Waals surface area contributed by atoms with E-state index in [9.17, 15) is 4.79 Å².